The van der Waals surface area contributed by atoms with Crippen LogP contribution in [-0.2, 0) is 6.54 Å². The van der Waals surface area contributed by atoms with E-state index in [0.29, 0.717) is 5.41 Å². The van der Waals surface area contributed by atoms with Gasteiger partial charge in [-0.2, -0.15) is 11.3 Å². The number of nitrogens with one attached hydrogen (secondary N) is 1. The fourth-order valence-corrected chi connectivity index (χ4v) is 3.71. The first-order valence-corrected chi connectivity index (χ1v) is 8.15. The second kappa shape index (κ2) is 5.32. The Labute approximate surface area is 114 Å². The van der Waals surface area contributed by atoms with Gasteiger partial charge >= 0.3 is 0 Å². The van der Waals surface area contributed by atoms with E-state index in [9.17, 15) is 0 Å². The zero-order valence-corrected chi connectivity index (χ0v) is 12.1. The van der Waals surface area contributed by atoms with Crippen LogP contribution >= 0.6 is 11.3 Å². The van der Waals surface area contributed by atoms with Gasteiger partial charge in [0.2, 0.25) is 0 Å². The van der Waals surface area contributed by atoms with Crippen molar-refractivity contribution in [3.63, 3.8) is 0 Å². The van der Waals surface area contributed by atoms with Crippen molar-refractivity contribution >= 4 is 11.3 Å². The lowest BCUT2D eigenvalue weighted by Gasteiger charge is -2.38. The van der Waals surface area contributed by atoms with Crippen molar-refractivity contribution in [2.75, 3.05) is 19.6 Å². The molecular weight excluding hydrogens is 240 g/mol. The Balaban J connectivity index is 1.62. The van der Waals surface area contributed by atoms with Gasteiger partial charge < -0.3 is 5.32 Å². The highest BCUT2D eigenvalue weighted by Gasteiger charge is 2.35. The Morgan fingerprint density at radius 3 is 2.78 bits per heavy atom. The lowest BCUT2D eigenvalue weighted by Crippen LogP contribution is -2.43. The second-order valence-electron chi connectivity index (χ2n) is 6.33. The highest BCUT2D eigenvalue weighted by atomic mass is 32.1. The molecule has 3 heteroatoms. The van der Waals surface area contributed by atoms with Gasteiger partial charge in [0, 0.05) is 19.1 Å². The van der Waals surface area contributed by atoms with Gasteiger partial charge in [-0.3, -0.25) is 4.90 Å². The lowest BCUT2D eigenvalue weighted by molar-refractivity contribution is 0.117. The van der Waals surface area contributed by atoms with Crippen LogP contribution in [0.25, 0.3) is 0 Å². The predicted octanol–water partition coefficient (Wildman–Crippen LogP) is 3.10. The van der Waals surface area contributed by atoms with E-state index in [0.717, 1.165) is 12.6 Å². The molecule has 1 saturated heterocycles. The van der Waals surface area contributed by atoms with Crippen LogP contribution in [0, 0.1) is 5.41 Å². The quantitative estimate of drug-likeness (QED) is 0.879. The van der Waals surface area contributed by atoms with E-state index in [1.807, 2.05) is 11.3 Å². The summed E-state index contributed by atoms with van der Waals surface area (Å²) >= 11 is 1.82. The maximum absolute atomic E-state index is 3.49. The third-order valence-electron chi connectivity index (χ3n) is 4.42. The van der Waals surface area contributed by atoms with Gasteiger partial charge in [0.05, 0.1) is 0 Å². The van der Waals surface area contributed by atoms with Crippen molar-refractivity contribution in [3.8, 4) is 0 Å². The van der Waals surface area contributed by atoms with Gasteiger partial charge in [-0.05, 0) is 66.6 Å². The number of thiophene rings is 1. The standard InChI is InChI=1S/C15H24N2S/c1-15(5-7-16-8-6-15)12-17(14-2-3-14)10-13-4-9-18-11-13/h4,9,11,14,16H,2-3,5-8,10,12H2,1H3. The van der Waals surface area contributed by atoms with Crippen molar-refractivity contribution in [2.45, 2.75) is 45.2 Å². The largest absolute Gasteiger partial charge is 0.317 e. The van der Waals surface area contributed by atoms with E-state index < -0.39 is 0 Å². The second-order valence-corrected chi connectivity index (χ2v) is 7.11. The zero-order valence-electron chi connectivity index (χ0n) is 11.3. The van der Waals surface area contributed by atoms with E-state index in [1.165, 1.54) is 50.9 Å². The molecule has 1 aromatic heterocycles. The Morgan fingerprint density at radius 1 is 1.39 bits per heavy atom. The molecule has 0 amide bonds. The average molecular weight is 264 g/mol. The van der Waals surface area contributed by atoms with Crippen molar-refractivity contribution in [1.82, 2.24) is 10.2 Å². The van der Waals surface area contributed by atoms with Crippen LogP contribution in [0.5, 0.6) is 0 Å². The van der Waals surface area contributed by atoms with Crippen LogP contribution in [0.1, 0.15) is 38.2 Å². The van der Waals surface area contributed by atoms with Crippen molar-refractivity contribution in [3.05, 3.63) is 22.4 Å². The molecule has 0 atom stereocenters. The molecule has 3 rings (SSSR count). The minimum Gasteiger partial charge on any atom is -0.317 e. The number of nitrogens with zero attached hydrogens (tertiary/aromatic N) is 1. The molecule has 100 valence electrons. The third kappa shape index (κ3) is 3.14. The third-order valence-corrected chi connectivity index (χ3v) is 5.16. The minimum absolute atomic E-state index is 0.532. The fraction of sp³-hybridized carbons (Fsp3) is 0.733. The van der Waals surface area contributed by atoms with Gasteiger partial charge in [0.25, 0.3) is 0 Å². The molecule has 2 heterocycles. The van der Waals surface area contributed by atoms with Crippen LogP contribution in [0.2, 0.25) is 0 Å². The maximum atomic E-state index is 3.49. The Bertz CT molecular complexity index is 364. The van der Waals surface area contributed by atoms with Gasteiger partial charge in [0.15, 0.2) is 0 Å². The molecule has 1 saturated carbocycles. The van der Waals surface area contributed by atoms with Crippen LogP contribution in [-0.4, -0.2) is 30.6 Å². The topological polar surface area (TPSA) is 15.3 Å². The molecule has 1 aromatic rings. The first-order chi connectivity index (χ1) is 8.75. The smallest absolute Gasteiger partial charge is 0.0245 e. The first-order valence-electron chi connectivity index (χ1n) is 7.21. The van der Waals surface area contributed by atoms with Crippen LogP contribution in [0.15, 0.2) is 16.8 Å². The normalized spacial score (nSPS) is 23.4. The van der Waals surface area contributed by atoms with Gasteiger partial charge in [-0.15, -0.1) is 0 Å². The first kappa shape index (κ1) is 12.6. The summed E-state index contributed by atoms with van der Waals surface area (Å²) in [5.41, 5.74) is 2.04. The minimum atomic E-state index is 0.532. The van der Waals surface area contributed by atoms with E-state index >= 15 is 0 Å². The zero-order chi connectivity index (χ0) is 12.4. The Kier molecular flexibility index (Phi) is 3.73. The van der Waals surface area contributed by atoms with Crippen molar-refractivity contribution in [1.29, 1.82) is 0 Å². The summed E-state index contributed by atoms with van der Waals surface area (Å²) < 4.78 is 0. The molecule has 1 aliphatic carbocycles. The maximum Gasteiger partial charge on any atom is 0.0245 e. The number of rotatable bonds is 5. The van der Waals surface area contributed by atoms with E-state index in [1.54, 1.807) is 0 Å². The molecule has 0 radical (unpaired) electrons. The number of piperidine rings is 1. The Morgan fingerprint density at radius 2 is 2.17 bits per heavy atom. The monoisotopic (exact) mass is 264 g/mol. The Hall–Kier alpha value is -0.380. The van der Waals surface area contributed by atoms with Gasteiger partial charge in [-0.1, -0.05) is 6.92 Å². The molecule has 2 nitrogen and oxygen atoms in total. The SMILES string of the molecule is CC1(CN(Cc2ccsc2)C2CC2)CCNCC1. The highest BCUT2D eigenvalue weighted by Crippen LogP contribution is 2.35. The predicted molar refractivity (Wildman–Crippen MR) is 78.0 cm³/mol. The summed E-state index contributed by atoms with van der Waals surface area (Å²) in [5, 5.41) is 7.99. The van der Waals surface area contributed by atoms with E-state index in [-0.39, 0.29) is 0 Å². The summed E-state index contributed by atoms with van der Waals surface area (Å²) in [6, 6.07) is 3.15. The van der Waals surface area contributed by atoms with Crippen LogP contribution in [0.4, 0.5) is 0 Å². The summed E-state index contributed by atoms with van der Waals surface area (Å²) in [5.74, 6) is 0. The number of hydrogen-bond acceptors (Lipinski definition) is 3. The molecule has 0 spiro atoms. The van der Waals surface area contributed by atoms with Crippen LogP contribution in [0.3, 0.4) is 0 Å². The fourth-order valence-electron chi connectivity index (χ4n) is 3.05. The molecule has 18 heavy (non-hydrogen) atoms. The molecule has 2 fully saturated rings. The molecule has 0 aromatic carbocycles. The highest BCUT2D eigenvalue weighted by molar-refractivity contribution is 7.07. The molecule has 1 aliphatic heterocycles. The molecule has 0 unspecified atom stereocenters. The molecule has 0 bridgehead atoms. The average Bonchev–Trinajstić information content (AvgIpc) is 3.09. The molecule has 2 aliphatic rings. The summed E-state index contributed by atoms with van der Waals surface area (Å²) in [7, 11) is 0. The van der Waals surface area contributed by atoms with E-state index in [2.05, 4.69) is 34.0 Å². The number of hydrogen-bond donors (Lipinski definition) is 1. The summed E-state index contributed by atoms with van der Waals surface area (Å²) in [4.78, 5) is 2.74. The molecular formula is C15H24N2S. The van der Waals surface area contributed by atoms with Crippen molar-refractivity contribution in [2.24, 2.45) is 5.41 Å². The summed E-state index contributed by atoms with van der Waals surface area (Å²) in [6.45, 7) is 7.34. The van der Waals surface area contributed by atoms with Crippen molar-refractivity contribution < 1.29 is 0 Å². The van der Waals surface area contributed by atoms with Gasteiger partial charge in [-0.25, -0.2) is 0 Å². The van der Waals surface area contributed by atoms with E-state index in [4.69, 9.17) is 0 Å². The van der Waals surface area contributed by atoms with Crippen LogP contribution < -0.4 is 5.32 Å². The summed E-state index contributed by atoms with van der Waals surface area (Å²) in [6.07, 6.45) is 5.50. The van der Waals surface area contributed by atoms with Gasteiger partial charge in [0.1, 0.15) is 0 Å². The lowest BCUT2D eigenvalue weighted by atomic mass is 9.80. The molecule has 1 N–H and O–H groups in total.